The Bertz CT molecular complexity index is 881. The molecular weight excluding hydrogens is 352 g/mol. The van der Waals surface area contributed by atoms with Crippen LogP contribution in [0.4, 0.5) is 0 Å². The lowest BCUT2D eigenvalue weighted by molar-refractivity contribution is 0.122. The van der Waals surface area contributed by atoms with Crippen LogP contribution in [0, 0.1) is 0 Å². The molecule has 1 aliphatic heterocycles. The third-order valence-electron chi connectivity index (χ3n) is 6.19. The zero-order chi connectivity index (χ0) is 18.9. The van der Waals surface area contributed by atoms with E-state index in [9.17, 15) is 4.79 Å². The summed E-state index contributed by atoms with van der Waals surface area (Å²) >= 11 is 0. The predicted molar refractivity (Wildman–Crippen MR) is 106 cm³/mol. The molecule has 5 rings (SSSR count). The first-order valence-corrected chi connectivity index (χ1v) is 10.6. The average Bonchev–Trinajstić information content (AvgIpc) is 3.47. The molecule has 2 fully saturated rings. The molecule has 3 heterocycles. The maximum Gasteiger partial charge on any atom is 0.267 e. The van der Waals surface area contributed by atoms with Gasteiger partial charge in [0.2, 0.25) is 0 Å². The van der Waals surface area contributed by atoms with E-state index in [1.807, 2.05) is 12.4 Å². The van der Waals surface area contributed by atoms with E-state index in [2.05, 4.69) is 24.9 Å². The molecule has 0 bridgehead atoms. The van der Waals surface area contributed by atoms with Crippen LogP contribution in [0.5, 0.6) is 0 Å². The lowest BCUT2D eigenvalue weighted by Crippen LogP contribution is -2.47. The second kappa shape index (κ2) is 7.72. The summed E-state index contributed by atoms with van der Waals surface area (Å²) in [4.78, 5) is 26.2. The Labute approximate surface area is 165 Å². The number of nitrogens with zero attached hydrogens (tertiary/aromatic N) is 6. The zero-order valence-electron chi connectivity index (χ0n) is 16.4. The van der Waals surface area contributed by atoms with Crippen LogP contribution in [-0.4, -0.2) is 62.3 Å². The minimum absolute atomic E-state index is 0.0499. The van der Waals surface area contributed by atoms with Gasteiger partial charge in [-0.2, -0.15) is 5.10 Å². The minimum Gasteiger partial charge on any atom is -0.299 e. The van der Waals surface area contributed by atoms with E-state index >= 15 is 0 Å². The monoisotopic (exact) mass is 380 g/mol. The topological polar surface area (TPSA) is 67.2 Å². The second-order valence-corrected chi connectivity index (χ2v) is 8.37. The number of rotatable bonds is 6. The highest BCUT2D eigenvalue weighted by atomic mass is 16.1. The number of piperazine rings is 1. The van der Waals surface area contributed by atoms with Crippen molar-refractivity contribution in [1.29, 1.82) is 0 Å². The van der Waals surface area contributed by atoms with Crippen LogP contribution in [0.2, 0.25) is 0 Å². The first kappa shape index (κ1) is 17.9. The van der Waals surface area contributed by atoms with Crippen molar-refractivity contribution >= 4 is 0 Å². The van der Waals surface area contributed by atoms with Gasteiger partial charge in [0.15, 0.2) is 0 Å². The number of hydrogen-bond acceptors (Lipinski definition) is 6. The van der Waals surface area contributed by atoms with Gasteiger partial charge in [0.1, 0.15) is 5.82 Å². The van der Waals surface area contributed by atoms with Crippen LogP contribution >= 0.6 is 0 Å². The molecule has 28 heavy (non-hydrogen) atoms. The highest BCUT2D eigenvalue weighted by molar-refractivity contribution is 5.22. The summed E-state index contributed by atoms with van der Waals surface area (Å²) in [5.41, 5.74) is 3.53. The number of aryl methyl sites for hydroxylation is 2. The molecule has 1 saturated carbocycles. The van der Waals surface area contributed by atoms with Crippen molar-refractivity contribution in [3.8, 4) is 0 Å². The summed E-state index contributed by atoms with van der Waals surface area (Å²) in [5.74, 6) is 1.63. The summed E-state index contributed by atoms with van der Waals surface area (Å²) < 4.78 is 1.66. The molecule has 0 spiro atoms. The highest BCUT2D eigenvalue weighted by Gasteiger charge is 2.26. The van der Waals surface area contributed by atoms with E-state index in [1.165, 1.54) is 18.4 Å². The summed E-state index contributed by atoms with van der Waals surface area (Å²) in [5, 5.41) is 4.59. The van der Waals surface area contributed by atoms with Crippen LogP contribution in [0.25, 0.3) is 0 Å². The van der Waals surface area contributed by atoms with Gasteiger partial charge in [0, 0.05) is 69.2 Å². The molecule has 1 saturated heterocycles. The summed E-state index contributed by atoms with van der Waals surface area (Å²) in [6.45, 7) is 6.63. The van der Waals surface area contributed by atoms with Gasteiger partial charge in [-0.3, -0.25) is 14.6 Å². The Morgan fingerprint density at radius 2 is 1.71 bits per heavy atom. The standard InChI is InChI=1S/C21H28N6O/c28-20-12-18-2-1-3-19(18)24-27(20)11-10-25-6-8-26(9-7-25)15-16-13-22-21(23-14-16)17-4-5-17/h12-14,17H,1-11,15H2. The van der Waals surface area contributed by atoms with Crippen molar-refractivity contribution < 1.29 is 0 Å². The first-order valence-electron chi connectivity index (χ1n) is 10.6. The minimum atomic E-state index is 0.0499. The molecule has 148 valence electrons. The maximum absolute atomic E-state index is 12.2. The van der Waals surface area contributed by atoms with E-state index < -0.39 is 0 Å². The Morgan fingerprint density at radius 3 is 2.46 bits per heavy atom. The number of fused-ring (bicyclic) bond motifs is 1. The van der Waals surface area contributed by atoms with Crippen LogP contribution in [-0.2, 0) is 25.9 Å². The molecule has 0 N–H and O–H groups in total. The van der Waals surface area contributed by atoms with E-state index in [0.29, 0.717) is 12.5 Å². The van der Waals surface area contributed by atoms with Crippen LogP contribution in [0.1, 0.15) is 47.8 Å². The van der Waals surface area contributed by atoms with Crippen molar-refractivity contribution in [2.75, 3.05) is 32.7 Å². The van der Waals surface area contributed by atoms with E-state index in [0.717, 1.165) is 75.6 Å². The predicted octanol–water partition coefficient (Wildman–Crippen LogP) is 1.22. The fourth-order valence-corrected chi connectivity index (χ4v) is 4.26. The molecule has 0 amide bonds. The number of hydrogen-bond donors (Lipinski definition) is 0. The summed E-state index contributed by atoms with van der Waals surface area (Å²) in [7, 11) is 0. The largest absolute Gasteiger partial charge is 0.299 e. The molecule has 2 aromatic heterocycles. The molecule has 7 nitrogen and oxygen atoms in total. The normalized spacial score (nSPS) is 20.4. The van der Waals surface area contributed by atoms with Crippen molar-refractivity contribution in [2.24, 2.45) is 0 Å². The molecule has 7 heteroatoms. The van der Waals surface area contributed by atoms with Gasteiger partial charge in [-0.15, -0.1) is 0 Å². The molecular formula is C21H28N6O. The fraction of sp³-hybridized carbons (Fsp3) is 0.619. The molecule has 3 aliphatic rings. The maximum atomic E-state index is 12.2. The lowest BCUT2D eigenvalue weighted by Gasteiger charge is -2.34. The lowest BCUT2D eigenvalue weighted by atomic mass is 10.2. The Kier molecular flexibility index (Phi) is 4.94. The van der Waals surface area contributed by atoms with Gasteiger partial charge < -0.3 is 0 Å². The zero-order valence-corrected chi connectivity index (χ0v) is 16.4. The van der Waals surface area contributed by atoms with Gasteiger partial charge in [0.25, 0.3) is 5.56 Å². The van der Waals surface area contributed by atoms with Crippen LogP contribution in [0.3, 0.4) is 0 Å². The smallest absolute Gasteiger partial charge is 0.267 e. The SMILES string of the molecule is O=c1cc2c(nn1CCN1CCN(Cc3cnc(C4CC4)nc3)CC1)CCC2. The molecule has 0 atom stereocenters. The van der Waals surface area contributed by atoms with Gasteiger partial charge in [0.05, 0.1) is 12.2 Å². The first-order chi connectivity index (χ1) is 13.7. The third kappa shape index (κ3) is 4.00. The summed E-state index contributed by atoms with van der Waals surface area (Å²) in [6, 6.07) is 1.80. The average molecular weight is 380 g/mol. The van der Waals surface area contributed by atoms with Crippen molar-refractivity contribution in [2.45, 2.75) is 51.1 Å². The molecule has 0 unspecified atom stereocenters. The van der Waals surface area contributed by atoms with Gasteiger partial charge in [-0.1, -0.05) is 0 Å². The second-order valence-electron chi connectivity index (χ2n) is 8.37. The Hall–Kier alpha value is -2.12. The quantitative estimate of drug-likeness (QED) is 0.751. The van der Waals surface area contributed by atoms with Gasteiger partial charge in [-0.05, 0) is 37.7 Å². The van der Waals surface area contributed by atoms with Crippen LogP contribution < -0.4 is 5.56 Å². The fourth-order valence-electron chi connectivity index (χ4n) is 4.26. The van der Waals surface area contributed by atoms with Crippen molar-refractivity contribution in [3.63, 3.8) is 0 Å². The highest BCUT2D eigenvalue weighted by Crippen LogP contribution is 2.37. The molecule has 0 radical (unpaired) electrons. The van der Waals surface area contributed by atoms with Gasteiger partial charge in [-0.25, -0.2) is 14.6 Å². The third-order valence-corrected chi connectivity index (χ3v) is 6.19. The molecule has 0 aromatic carbocycles. The Balaban J connectivity index is 1.10. The van der Waals surface area contributed by atoms with Crippen LogP contribution in [0.15, 0.2) is 23.3 Å². The molecule has 2 aromatic rings. The Morgan fingerprint density at radius 1 is 0.964 bits per heavy atom. The number of aromatic nitrogens is 4. The van der Waals surface area contributed by atoms with Crippen molar-refractivity contribution in [3.05, 3.63) is 51.5 Å². The van der Waals surface area contributed by atoms with E-state index in [1.54, 1.807) is 10.7 Å². The van der Waals surface area contributed by atoms with Gasteiger partial charge >= 0.3 is 0 Å². The van der Waals surface area contributed by atoms with E-state index in [4.69, 9.17) is 0 Å². The summed E-state index contributed by atoms with van der Waals surface area (Å²) in [6.07, 6.45) is 9.64. The van der Waals surface area contributed by atoms with Crippen molar-refractivity contribution in [1.82, 2.24) is 29.5 Å². The van der Waals surface area contributed by atoms with E-state index in [-0.39, 0.29) is 5.56 Å². The molecule has 2 aliphatic carbocycles.